The van der Waals surface area contributed by atoms with Gasteiger partial charge < -0.3 is 15.2 Å². The van der Waals surface area contributed by atoms with E-state index in [1.807, 2.05) is 0 Å². The van der Waals surface area contributed by atoms with Crippen molar-refractivity contribution in [2.45, 2.75) is 31.7 Å². The van der Waals surface area contributed by atoms with Gasteiger partial charge in [0.1, 0.15) is 17.6 Å². The van der Waals surface area contributed by atoms with Crippen molar-refractivity contribution in [3.05, 3.63) is 34.5 Å². The molecule has 1 aliphatic rings. The first kappa shape index (κ1) is 16.9. The number of fused-ring (bicyclic) bond motifs is 1. The Hall–Kier alpha value is -2.90. The third kappa shape index (κ3) is 3.47. The number of carboxylic acids is 1. The van der Waals surface area contributed by atoms with E-state index in [1.165, 1.54) is 6.20 Å². The fourth-order valence-electron chi connectivity index (χ4n) is 3.27. The molecule has 1 fully saturated rings. The number of hydrogen-bond acceptors (Lipinski definition) is 6. The van der Waals surface area contributed by atoms with Crippen LogP contribution in [-0.2, 0) is 4.79 Å². The summed E-state index contributed by atoms with van der Waals surface area (Å²) in [6, 6.07) is 5.22. The summed E-state index contributed by atoms with van der Waals surface area (Å²) in [5.41, 5.74) is 0.945. The number of nitro groups is 1. The van der Waals surface area contributed by atoms with Crippen molar-refractivity contribution >= 4 is 28.2 Å². The predicted molar refractivity (Wildman–Crippen MR) is 92.0 cm³/mol. The van der Waals surface area contributed by atoms with Crippen LogP contribution in [0.4, 0.5) is 11.4 Å². The van der Waals surface area contributed by atoms with E-state index in [0.717, 1.165) is 0 Å². The maximum atomic E-state index is 11.4. The SMILES string of the molecule is COc1ccc2c(NC3CCC(C(=O)O)CC3)c([N+](=O)[O-])cnc2c1. The van der Waals surface area contributed by atoms with Crippen LogP contribution in [0.25, 0.3) is 10.9 Å². The molecule has 2 aromatic rings. The van der Waals surface area contributed by atoms with Gasteiger partial charge in [-0.05, 0) is 37.8 Å². The molecule has 132 valence electrons. The Kier molecular flexibility index (Phi) is 4.69. The number of aromatic nitrogens is 1. The summed E-state index contributed by atoms with van der Waals surface area (Å²) in [6.45, 7) is 0. The van der Waals surface area contributed by atoms with Crippen molar-refractivity contribution in [3.63, 3.8) is 0 Å². The monoisotopic (exact) mass is 345 g/mol. The van der Waals surface area contributed by atoms with Crippen molar-refractivity contribution < 1.29 is 19.6 Å². The Bertz CT molecular complexity index is 815. The van der Waals surface area contributed by atoms with Gasteiger partial charge >= 0.3 is 11.7 Å². The largest absolute Gasteiger partial charge is 0.497 e. The lowest BCUT2D eigenvalue weighted by Gasteiger charge is -2.27. The first-order chi connectivity index (χ1) is 12.0. The second-order valence-corrected chi connectivity index (χ2v) is 6.19. The van der Waals surface area contributed by atoms with E-state index in [9.17, 15) is 14.9 Å². The van der Waals surface area contributed by atoms with E-state index in [4.69, 9.17) is 9.84 Å². The van der Waals surface area contributed by atoms with Gasteiger partial charge in [-0.1, -0.05) is 0 Å². The topological polar surface area (TPSA) is 115 Å². The Labute approximate surface area is 144 Å². The van der Waals surface area contributed by atoms with E-state index in [-0.39, 0.29) is 17.6 Å². The Balaban J connectivity index is 1.92. The summed E-state index contributed by atoms with van der Waals surface area (Å²) in [7, 11) is 1.55. The summed E-state index contributed by atoms with van der Waals surface area (Å²) in [5, 5.41) is 24.4. The molecule has 1 aromatic carbocycles. The number of nitrogens with zero attached hydrogens (tertiary/aromatic N) is 2. The Morgan fingerprint density at radius 1 is 1.36 bits per heavy atom. The van der Waals surface area contributed by atoms with Crippen LogP contribution in [0.2, 0.25) is 0 Å². The zero-order valence-corrected chi connectivity index (χ0v) is 13.8. The predicted octanol–water partition coefficient (Wildman–Crippen LogP) is 3.21. The first-order valence-corrected chi connectivity index (χ1v) is 8.10. The van der Waals surface area contributed by atoms with Gasteiger partial charge in [0.15, 0.2) is 0 Å². The maximum absolute atomic E-state index is 11.4. The number of aliphatic carboxylic acids is 1. The summed E-state index contributed by atoms with van der Waals surface area (Å²) in [5.74, 6) is -0.473. The molecule has 0 amide bonds. The lowest BCUT2D eigenvalue weighted by Crippen LogP contribution is -2.29. The van der Waals surface area contributed by atoms with Crippen molar-refractivity contribution in [3.8, 4) is 5.75 Å². The zero-order valence-electron chi connectivity index (χ0n) is 13.8. The van der Waals surface area contributed by atoms with E-state index < -0.39 is 10.9 Å². The highest BCUT2D eigenvalue weighted by Gasteiger charge is 2.28. The fourth-order valence-corrected chi connectivity index (χ4v) is 3.27. The van der Waals surface area contributed by atoms with Crippen molar-refractivity contribution in [1.82, 2.24) is 4.98 Å². The summed E-state index contributed by atoms with van der Waals surface area (Å²) >= 11 is 0. The van der Waals surface area contributed by atoms with Crippen LogP contribution in [0.5, 0.6) is 5.75 Å². The minimum absolute atomic E-state index is 0.00185. The van der Waals surface area contributed by atoms with Crippen LogP contribution in [0, 0.1) is 16.0 Å². The third-order valence-corrected chi connectivity index (χ3v) is 4.68. The molecule has 8 nitrogen and oxygen atoms in total. The van der Waals surface area contributed by atoms with Crippen LogP contribution >= 0.6 is 0 Å². The molecule has 1 aromatic heterocycles. The van der Waals surface area contributed by atoms with Crippen LogP contribution in [0.15, 0.2) is 24.4 Å². The van der Waals surface area contributed by atoms with Crippen molar-refractivity contribution in [1.29, 1.82) is 0 Å². The number of methoxy groups -OCH3 is 1. The van der Waals surface area contributed by atoms with Gasteiger partial charge in [-0.2, -0.15) is 0 Å². The quantitative estimate of drug-likeness (QED) is 0.631. The maximum Gasteiger partial charge on any atom is 0.311 e. The highest BCUT2D eigenvalue weighted by molar-refractivity contribution is 5.96. The number of rotatable bonds is 5. The van der Waals surface area contributed by atoms with Gasteiger partial charge in [0.2, 0.25) is 0 Å². The molecule has 0 aliphatic heterocycles. The summed E-state index contributed by atoms with van der Waals surface area (Å²) < 4.78 is 5.17. The summed E-state index contributed by atoms with van der Waals surface area (Å²) in [6.07, 6.45) is 3.70. The number of nitrogens with one attached hydrogen (secondary N) is 1. The van der Waals surface area contributed by atoms with E-state index >= 15 is 0 Å². The van der Waals surface area contributed by atoms with Crippen LogP contribution in [0.1, 0.15) is 25.7 Å². The molecule has 0 bridgehead atoms. The Morgan fingerprint density at radius 2 is 2.08 bits per heavy atom. The average molecular weight is 345 g/mol. The minimum atomic E-state index is -0.772. The average Bonchev–Trinajstić information content (AvgIpc) is 2.61. The van der Waals surface area contributed by atoms with Crippen molar-refractivity contribution in [2.75, 3.05) is 12.4 Å². The fraction of sp³-hybridized carbons (Fsp3) is 0.412. The summed E-state index contributed by atoms with van der Waals surface area (Å²) in [4.78, 5) is 26.2. The van der Waals surface area contributed by atoms with Gasteiger partial charge in [-0.3, -0.25) is 14.9 Å². The van der Waals surface area contributed by atoms with Crippen molar-refractivity contribution in [2.24, 2.45) is 5.92 Å². The third-order valence-electron chi connectivity index (χ3n) is 4.68. The molecule has 1 saturated carbocycles. The zero-order chi connectivity index (χ0) is 18.0. The highest BCUT2D eigenvalue weighted by atomic mass is 16.6. The number of hydrogen-bond donors (Lipinski definition) is 2. The molecule has 0 saturated heterocycles. The van der Waals surface area contributed by atoms with Gasteiger partial charge in [0.25, 0.3) is 0 Å². The number of pyridine rings is 1. The van der Waals surface area contributed by atoms with Gasteiger partial charge in [-0.25, -0.2) is 4.98 Å². The standard InChI is InChI=1S/C17H19N3O5/c1-25-12-6-7-13-14(8-12)18-9-15(20(23)24)16(13)19-11-4-2-10(3-5-11)17(21)22/h6-11H,2-5H2,1H3,(H,18,19)(H,21,22). The van der Waals surface area contributed by atoms with Crippen LogP contribution in [-0.4, -0.2) is 34.1 Å². The minimum Gasteiger partial charge on any atom is -0.497 e. The van der Waals surface area contributed by atoms with E-state index in [1.54, 1.807) is 25.3 Å². The lowest BCUT2D eigenvalue weighted by atomic mass is 9.86. The van der Waals surface area contributed by atoms with Gasteiger partial charge in [0.05, 0.1) is 23.5 Å². The molecule has 2 N–H and O–H groups in total. The Morgan fingerprint density at radius 3 is 2.68 bits per heavy atom. The molecule has 0 atom stereocenters. The highest BCUT2D eigenvalue weighted by Crippen LogP contribution is 2.36. The van der Waals surface area contributed by atoms with E-state index in [2.05, 4.69) is 10.3 Å². The number of carbonyl (C=O) groups is 1. The molecule has 1 aliphatic carbocycles. The number of ether oxygens (including phenoxy) is 1. The van der Waals surface area contributed by atoms with Gasteiger partial charge in [0, 0.05) is 17.5 Å². The van der Waals surface area contributed by atoms with Crippen LogP contribution in [0.3, 0.4) is 0 Å². The molecular weight excluding hydrogens is 326 g/mol. The normalized spacial score (nSPS) is 20.2. The number of carboxylic acid groups (broad SMARTS) is 1. The smallest absolute Gasteiger partial charge is 0.311 e. The molecule has 1 heterocycles. The molecule has 0 radical (unpaired) electrons. The lowest BCUT2D eigenvalue weighted by molar-refractivity contribution is -0.384. The molecule has 3 rings (SSSR count). The molecule has 0 unspecified atom stereocenters. The second-order valence-electron chi connectivity index (χ2n) is 6.19. The van der Waals surface area contributed by atoms with Crippen LogP contribution < -0.4 is 10.1 Å². The molecule has 8 heteroatoms. The first-order valence-electron chi connectivity index (χ1n) is 8.10. The number of anilines is 1. The van der Waals surface area contributed by atoms with Gasteiger partial charge in [-0.15, -0.1) is 0 Å². The van der Waals surface area contributed by atoms with E-state index in [0.29, 0.717) is 48.0 Å². The number of benzene rings is 1. The molecule has 25 heavy (non-hydrogen) atoms. The second kappa shape index (κ2) is 6.92. The molecular formula is C17H19N3O5. The molecule has 0 spiro atoms.